The van der Waals surface area contributed by atoms with E-state index in [1.54, 1.807) is 18.2 Å². The van der Waals surface area contributed by atoms with E-state index in [1.165, 1.54) is 12.1 Å². The minimum Gasteiger partial charge on any atom is -0.465 e. The van der Waals surface area contributed by atoms with Gasteiger partial charge in [-0.2, -0.15) is 0 Å². The van der Waals surface area contributed by atoms with Crippen LogP contribution in [0.5, 0.6) is 0 Å². The van der Waals surface area contributed by atoms with Crippen LogP contribution in [0.2, 0.25) is 0 Å². The fraction of sp³-hybridized carbons (Fsp3) is 0.222. The van der Waals surface area contributed by atoms with Crippen molar-refractivity contribution in [3.05, 3.63) is 35.9 Å². The summed E-state index contributed by atoms with van der Waals surface area (Å²) >= 11 is 0. The first kappa shape index (κ1) is 11.4. The van der Waals surface area contributed by atoms with Gasteiger partial charge in [0.05, 0.1) is 6.54 Å². The normalized spacial score (nSPS) is 11.1. The molecular weight excluding hydrogens is 211 g/mol. The van der Waals surface area contributed by atoms with Crippen molar-refractivity contribution in [1.82, 2.24) is 4.90 Å². The van der Waals surface area contributed by atoms with Crippen LogP contribution in [0, 0.1) is 0 Å². The van der Waals surface area contributed by atoms with E-state index >= 15 is 0 Å². The molecular formula is C9H8F3NO2. The number of benzene rings is 1. The molecule has 1 amide bonds. The first-order chi connectivity index (χ1) is 6.91. The van der Waals surface area contributed by atoms with Crippen LogP contribution >= 0.6 is 0 Å². The maximum Gasteiger partial charge on any atom is 0.490 e. The van der Waals surface area contributed by atoms with Gasteiger partial charge >= 0.3 is 12.4 Å². The maximum absolute atomic E-state index is 12.2. The van der Waals surface area contributed by atoms with E-state index in [-0.39, 0.29) is 5.56 Å². The van der Waals surface area contributed by atoms with Gasteiger partial charge in [0, 0.05) is 0 Å². The number of amides is 1. The third-order valence-electron chi connectivity index (χ3n) is 1.72. The number of nitrogens with zero attached hydrogens (tertiary/aromatic N) is 1. The number of rotatable bonds is 2. The van der Waals surface area contributed by atoms with Crippen molar-refractivity contribution in [3.8, 4) is 0 Å². The number of halogens is 3. The van der Waals surface area contributed by atoms with Gasteiger partial charge in [-0.15, -0.1) is 13.2 Å². The molecule has 0 bridgehead atoms. The van der Waals surface area contributed by atoms with Gasteiger partial charge in [0.15, 0.2) is 0 Å². The smallest absolute Gasteiger partial charge is 0.465 e. The fourth-order valence-corrected chi connectivity index (χ4v) is 1.03. The predicted octanol–water partition coefficient (Wildman–Crippen LogP) is 2.69. The Bertz CT molecular complexity index is 337. The maximum atomic E-state index is 12.2. The quantitative estimate of drug-likeness (QED) is 0.777. The Hall–Kier alpha value is -1.72. The molecule has 0 radical (unpaired) electrons. The van der Waals surface area contributed by atoms with Crippen molar-refractivity contribution in [3.63, 3.8) is 0 Å². The summed E-state index contributed by atoms with van der Waals surface area (Å²) in [6, 6.07) is 7.60. The zero-order chi connectivity index (χ0) is 11.5. The van der Waals surface area contributed by atoms with Crippen molar-refractivity contribution < 1.29 is 23.1 Å². The third kappa shape index (κ3) is 3.16. The number of hydrogen-bond donors (Lipinski definition) is 1. The largest absolute Gasteiger partial charge is 0.490 e. The second-order valence-corrected chi connectivity index (χ2v) is 2.82. The molecule has 0 aliphatic heterocycles. The average molecular weight is 219 g/mol. The van der Waals surface area contributed by atoms with Crippen molar-refractivity contribution >= 4 is 6.09 Å². The first-order valence-electron chi connectivity index (χ1n) is 4.02. The van der Waals surface area contributed by atoms with Crippen molar-refractivity contribution in [1.29, 1.82) is 0 Å². The van der Waals surface area contributed by atoms with Crippen LogP contribution in [0.25, 0.3) is 0 Å². The molecule has 0 saturated heterocycles. The Morgan fingerprint density at radius 3 is 2.20 bits per heavy atom. The van der Waals surface area contributed by atoms with E-state index in [1.807, 2.05) is 0 Å². The lowest BCUT2D eigenvalue weighted by Gasteiger charge is -2.21. The molecule has 1 N–H and O–H groups in total. The lowest BCUT2D eigenvalue weighted by Crippen LogP contribution is -2.41. The molecule has 0 aromatic heterocycles. The molecule has 0 unspecified atom stereocenters. The predicted molar refractivity (Wildman–Crippen MR) is 46.1 cm³/mol. The Morgan fingerprint density at radius 1 is 1.27 bits per heavy atom. The number of hydrogen-bond acceptors (Lipinski definition) is 1. The second kappa shape index (κ2) is 4.20. The molecule has 0 spiro atoms. The van der Waals surface area contributed by atoms with E-state index in [9.17, 15) is 18.0 Å². The topological polar surface area (TPSA) is 40.5 Å². The highest BCUT2D eigenvalue weighted by molar-refractivity contribution is 5.65. The summed E-state index contributed by atoms with van der Waals surface area (Å²) in [5.41, 5.74) is 0.289. The molecule has 1 aromatic carbocycles. The molecule has 0 saturated carbocycles. The van der Waals surface area contributed by atoms with Gasteiger partial charge in [0.2, 0.25) is 0 Å². The van der Waals surface area contributed by atoms with Gasteiger partial charge in [-0.3, -0.25) is 0 Å². The molecule has 0 aliphatic carbocycles. The third-order valence-corrected chi connectivity index (χ3v) is 1.72. The van der Waals surface area contributed by atoms with E-state index in [4.69, 9.17) is 5.11 Å². The monoisotopic (exact) mass is 219 g/mol. The van der Waals surface area contributed by atoms with Crippen LogP contribution in [0.4, 0.5) is 18.0 Å². The van der Waals surface area contributed by atoms with E-state index in [0.717, 1.165) is 0 Å². The molecule has 3 nitrogen and oxygen atoms in total. The molecule has 0 aliphatic rings. The van der Waals surface area contributed by atoms with Crippen LogP contribution in [0.15, 0.2) is 30.3 Å². The first-order valence-corrected chi connectivity index (χ1v) is 4.02. The van der Waals surface area contributed by atoms with Gasteiger partial charge in [-0.05, 0) is 5.56 Å². The minimum atomic E-state index is -4.87. The molecule has 0 heterocycles. The van der Waals surface area contributed by atoms with Gasteiger partial charge in [-0.25, -0.2) is 9.69 Å². The highest BCUT2D eigenvalue weighted by Crippen LogP contribution is 2.23. The summed E-state index contributed by atoms with van der Waals surface area (Å²) in [7, 11) is 0. The van der Waals surface area contributed by atoms with Crippen LogP contribution in [0.3, 0.4) is 0 Å². The summed E-state index contributed by atoms with van der Waals surface area (Å²) in [6.45, 7) is -0.695. The zero-order valence-electron chi connectivity index (χ0n) is 7.53. The summed E-state index contributed by atoms with van der Waals surface area (Å²) in [6.07, 6.45) is -6.88. The number of carboxylic acid groups (broad SMARTS) is 1. The Labute approximate surface area is 83.7 Å². The van der Waals surface area contributed by atoms with Gasteiger partial charge in [0.1, 0.15) is 0 Å². The molecule has 1 rings (SSSR count). The highest BCUT2D eigenvalue weighted by atomic mass is 19.4. The molecule has 0 atom stereocenters. The van der Waals surface area contributed by atoms with Crippen LogP contribution in [-0.2, 0) is 6.54 Å². The van der Waals surface area contributed by atoms with Crippen molar-refractivity contribution in [2.45, 2.75) is 12.8 Å². The molecule has 6 heteroatoms. The fourth-order valence-electron chi connectivity index (χ4n) is 1.03. The van der Waals surface area contributed by atoms with E-state index in [2.05, 4.69) is 0 Å². The van der Waals surface area contributed by atoms with Crippen molar-refractivity contribution in [2.75, 3.05) is 0 Å². The minimum absolute atomic E-state index is 0.289. The van der Waals surface area contributed by atoms with Gasteiger partial charge in [0.25, 0.3) is 0 Å². The summed E-state index contributed by atoms with van der Waals surface area (Å²) in [4.78, 5) is 9.79. The number of alkyl halides is 3. The standard InChI is InChI=1S/C9H8F3NO2/c10-9(11,12)13(8(14)15)6-7-4-2-1-3-5-7/h1-5H,6H2,(H,14,15). The van der Waals surface area contributed by atoms with Gasteiger partial charge < -0.3 is 5.11 Å². The second-order valence-electron chi connectivity index (χ2n) is 2.82. The zero-order valence-corrected chi connectivity index (χ0v) is 7.53. The SMILES string of the molecule is O=C(O)N(Cc1ccccc1)C(F)(F)F. The summed E-state index contributed by atoms with van der Waals surface area (Å²) in [5.74, 6) is 0. The van der Waals surface area contributed by atoms with E-state index in [0.29, 0.717) is 0 Å². The lowest BCUT2D eigenvalue weighted by molar-refractivity contribution is -0.231. The summed E-state index contributed by atoms with van der Waals surface area (Å²) < 4.78 is 36.6. The molecule has 1 aromatic rings. The number of carbonyl (C=O) groups is 1. The van der Waals surface area contributed by atoms with Crippen LogP contribution < -0.4 is 0 Å². The van der Waals surface area contributed by atoms with Gasteiger partial charge in [-0.1, -0.05) is 30.3 Å². The Balaban J connectivity index is 2.82. The van der Waals surface area contributed by atoms with Crippen molar-refractivity contribution in [2.24, 2.45) is 0 Å². The Morgan fingerprint density at radius 2 is 1.80 bits per heavy atom. The summed E-state index contributed by atoms with van der Waals surface area (Å²) in [5, 5.41) is 8.38. The Kier molecular flexibility index (Phi) is 3.18. The molecule has 82 valence electrons. The highest BCUT2D eigenvalue weighted by Gasteiger charge is 2.41. The lowest BCUT2D eigenvalue weighted by atomic mass is 10.2. The molecule has 15 heavy (non-hydrogen) atoms. The van der Waals surface area contributed by atoms with Crippen LogP contribution in [-0.4, -0.2) is 22.4 Å². The molecule has 0 fully saturated rings. The van der Waals surface area contributed by atoms with E-state index < -0.39 is 23.8 Å². The van der Waals surface area contributed by atoms with Crippen LogP contribution in [0.1, 0.15) is 5.56 Å². The average Bonchev–Trinajstić information content (AvgIpc) is 2.13.